The standard InChI is InChI=1S/C23H25F3N6O2/c24-23(25,26)22-29-13-17(14-30-22)21(34)32-9-5-15(6-10-32)3-1-2-7-28-20(33)19-11-16-12-27-8-4-18(16)31-19/h4,8,11-15,31H,1-3,5-7,9-10H2,(H,28,33). The zero-order valence-corrected chi connectivity index (χ0v) is 18.4. The number of carbonyl (C=O) groups is 2. The smallest absolute Gasteiger partial charge is 0.351 e. The summed E-state index contributed by atoms with van der Waals surface area (Å²) >= 11 is 0. The predicted molar refractivity (Wildman–Crippen MR) is 118 cm³/mol. The van der Waals surface area contributed by atoms with E-state index < -0.39 is 12.0 Å². The molecule has 3 aromatic heterocycles. The molecule has 0 radical (unpaired) electrons. The predicted octanol–water partition coefficient (Wildman–Crippen LogP) is 3.82. The third-order valence-corrected chi connectivity index (χ3v) is 6.04. The van der Waals surface area contributed by atoms with E-state index in [1.54, 1.807) is 23.4 Å². The average molecular weight is 474 g/mol. The molecule has 4 rings (SSSR count). The van der Waals surface area contributed by atoms with Crippen molar-refractivity contribution in [2.45, 2.75) is 38.3 Å². The molecule has 1 aliphatic rings. The lowest BCUT2D eigenvalue weighted by Crippen LogP contribution is -2.38. The third-order valence-electron chi connectivity index (χ3n) is 6.04. The largest absolute Gasteiger partial charge is 0.451 e. The topological polar surface area (TPSA) is 104 Å². The first-order valence-corrected chi connectivity index (χ1v) is 11.2. The molecule has 1 aliphatic heterocycles. The van der Waals surface area contributed by atoms with E-state index in [-0.39, 0.29) is 17.4 Å². The van der Waals surface area contributed by atoms with Gasteiger partial charge in [0.25, 0.3) is 11.8 Å². The fourth-order valence-electron chi connectivity index (χ4n) is 4.14. The highest BCUT2D eigenvalue weighted by atomic mass is 19.4. The molecule has 0 bridgehead atoms. The molecular formula is C23H25F3N6O2. The summed E-state index contributed by atoms with van der Waals surface area (Å²) in [4.78, 5) is 40.1. The van der Waals surface area contributed by atoms with Gasteiger partial charge in [0.2, 0.25) is 5.82 Å². The first-order chi connectivity index (χ1) is 16.3. The van der Waals surface area contributed by atoms with Crippen LogP contribution in [0.3, 0.4) is 0 Å². The molecule has 8 nitrogen and oxygen atoms in total. The van der Waals surface area contributed by atoms with Crippen LogP contribution in [0.25, 0.3) is 10.9 Å². The number of aromatic nitrogens is 4. The summed E-state index contributed by atoms with van der Waals surface area (Å²) in [6, 6.07) is 3.60. The first kappa shape index (κ1) is 23.7. The van der Waals surface area contributed by atoms with Crippen LogP contribution in [0.2, 0.25) is 0 Å². The number of unbranched alkanes of at least 4 members (excludes halogenated alkanes) is 1. The van der Waals surface area contributed by atoms with Crippen molar-refractivity contribution in [1.29, 1.82) is 0 Å². The maximum absolute atomic E-state index is 12.6. The molecule has 1 saturated heterocycles. The van der Waals surface area contributed by atoms with Gasteiger partial charge >= 0.3 is 6.18 Å². The monoisotopic (exact) mass is 474 g/mol. The Bertz CT molecular complexity index is 1100. The van der Waals surface area contributed by atoms with Crippen LogP contribution in [0, 0.1) is 5.92 Å². The van der Waals surface area contributed by atoms with Crippen LogP contribution in [0.1, 0.15) is 58.8 Å². The molecule has 34 heavy (non-hydrogen) atoms. The Hall–Kier alpha value is -3.50. The number of aromatic amines is 1. The number of nitrogens with zero attached hydrogens (tertiary/aromatic N) is 4. The second kappa shape index (κ2) is 10.2. The second-order valence-electron chi connectivity index (χ2n) is 8.43. The van der Waals surface area contributed by atoms with Gasteiger partial charge in [0.1, 0.15) is 5.69 Å². The summed E-state index contributed by atoms with van der Waals surface area (Å²) in [5, 5.41) is 3.82. The molecule has 1 fully saturated rings. The highest BCUT2D eigenvalue weighted by Gasteiger charge is 2.34. The first-order valence-electron chi connectivity index (χ1n) is 11.2. The van der Waals surface area contributed by atoms with Crippen molar-refractivity contribution < 1.29 is 22.8 Å². The number of rotatable bonds is 7. The molecule has 0 saturated carbocycles. The SMILES string of the molecule is O=C(NCCCCC1CCN(C(=O)c2cnc(C(F)(F)F)nc2)CC1)c1cc2cnccc2[nH]1. The van der Waals surface area contributed by atoms with E-state index in [0.29, 0.717) is 31.2 Å². The molecule has 2 amide bonds. The van der Waals surface area contributed by atoms with Gasteiger partial charge in [-0.3, -0.25) is 14.6 Å². The summed E-state index contributed by atoms with van der Waals surface area (Å²) < 4.78 is 37.7. The number of halogens is 3. The molecule has 2 N–H and O–H groups in total. The number of piperidine rings is 1. The molecular weight excluding hydrogens is 449 g/mol. The number of fused-ring (bicyclic) bond motifs is 1. The summed E-state index contributed by atoms with van der Waals surface area (Å²) in [6.45, 7) is 1.69. The van der Waals surface area contributed by atoms with Gasteiger partial charge in [0, 0.05) is 55.3 Å². The Morgan fingerprint density at radius 3 is 2.53 bits per heavy atom. The second-order valence-corrected chi connectivity index (χ2v) is 8.43. The molecule has 4 heterocycles. The Balaban J connectivity index is 1.14. The van der Waals surface area contributed by atoms with E-state index in [1.807, 2.05) is 6.07 Å². The molecule has 0 unspecified atom stereocenters. The van der Waals surface area contributed by atoms with Crippen LogP contribution in [-0.4, -0.2) is 56.3 Å². The van der Waals surface area contributed by atoms with Gasteiger partial charge in [-0.1, -0.05) is 12.8 Å². The zero-order valence-electron chi connectivity index (χ0n) is 18.4. The number of likely N-dealkylation sites (tertiary alicyclic amines) is 1. The lowest BCUT2D eigenvalue weighted by atomic mass is 9.91. The number of carbonyl (C=O) groups excluding carboxylic acids is 2. The Morgan fingerprint density at radius 1 is 1.12 bits per heavy atom. The average Bonchev–Trinajstić information content (AvgIpc) is 3.28. The van der Waals surface area contributed by atoms with E-state index >= 15 is 0 Å². The molecule has 180 valence electrons. The molecule has 3 aromatic rings. The minimum Gasteiger partial charge on any atom is -0.351 e. The number of H-pyrrole nitrogens is 1. The highest BCUT2D eigenvalue weighted by molar-refractivity contribution is 5.97. The number of hydrogen-bond donors (Lipinski definition) is 2. The number of hydrogen-bond acceptors (Lipinski definition) is 5. The molecule has 0 atom stereocenters. The van der Waals surface area contributed by atoms with E-state index in [1.165, 1.54) is 0 Å². The number of alkyl halides is 3. The zero-order chi connectivity index (χ0) is 24.1. The van der Waals surface area contributed by atoms with Crippen LogP contribution in [0.15, 0.2) is 36.9 Å². The van der Waals surface area contributed by atoms with E-state index in [2.05, 4.69) is 25.3 Å². The molecule has 0 aliphatic carbocycles. The van der Waals surface area contributed by atoms with Gasteiger partial charge in [-0.2, -0.15) is 13.2 Å². The fraction of sp³-hybridized carbons (Fsp3) is 0.435. The van der Waals surface area contributed by atoms with Crippen molar-refractivity contribution in [3.05, 3.63) is 54.0 Å². The third kappa shape index (κ3) is 5.70. The van der Waals surface area contributed by atoms with Gasteiger partial charge < -0.3 is 15.2 Å². The van der Waals surface area contributed by atoms with Crippen LogP contribution < -0.4 is 5.32 Å². The maximum atomic E-state index is 12.6. The van der Waals surface area contributed by atoms with Gasteiger partial charge in [0.15, 0.2) is 0 Å². The van der Waals surface area contributed by atoms with E-state index in [9.17, 15) is 22.8 Å². The van der Waals surface area contributed by atoms with Gasteiger partial charge in [-0.05, 0) is 37.3 Å². The quantitative estimate of drug-likeness (QED) is 0.507. The number of pyridine rings is 1. The lowest BCUT2D eigenvalue weighted by Gasteiger charge is -2.32. The van der Waals surface area contributed by atoms with Gasteiger partial charge in [-0.25, -0.2) is 9.97 Å². The van der Waals surface area contributed by atoms with Crippen LogP contribution >= 0.6 is 0 Å². The van der Waals surface area contributed by atoms with Crippen molar-refractivity contribution in [3.63, 3.8) is 0 Å². The summed E-state index contributed by atoms with van der Waals surface area (Å²) in [7, 11) is 0. The van der Waals surface area contributed by atoms with E-state index in [4.69, 9.17) is 0 Å². The minimum absolute atomic E-state index is 0.0633. The Morgan fingerprint density at radius 2 is 1.85 bits per heavy atom. The van der Waals surface area contributed by atoms with Crippen molar-refractivity contribution in [2.75, 3.05) is 19.6 Å². The summed E-state index contributed by atoms with van der Waals surface area (Å²) in [5.41, 5.74) is 1.45. The molecule has 0 spiro atoms. The van der Waals surface area contributed by atoms with Crippen molar-refractivity contribution >= 4 is 22.7 Å². The Labute approximate surface area is 194 Å². The normalized spacial score (nSPS) is 15.0. The highest BCUT2D eigenvalue weighted by Crippen LogP contribution is 2.26. The summed E-state index contributed by atoms with van der Waals surface area (Å²) in [5.74, 6) is -1.26. The fourth-order valence-corrected chi connectivity index (χ4v) is 4.14. The Kier molecular flexibility index (Phi) is 7.09. The lowest BCUT2D eigenvalue weighted by molar-refractivity contribution is -0.145. The number of amides is 2. The van der Waals surface area contributed by atoms with Crippen LogP contribution in [0.4, 0.5) is 13.2 Å². The van der Waals surface area contributed by atoms with Gasteiger partial charge in [0.05, 0.1) is 5.56 Å². The maximum Gasteiger partial charge on any atom is 0.451 e. The molecule has 0 aromatic carbocycles. The van der Waals surface area contributed by atoms with E-state index in [0.717, 1.165) is 55.4 Å². The van der Waals surface area contributed by atoms with Crippen molar-refractivity contribution in [2.24, 2.45) is 5.92 Å². The number of nitrogens with one attached hydrogen (secondary N) is 2. The van der Waals surface area contributed by atoms with Crippen molar-refractivity contribution in [1.82, 2.24) is 30.2 Å². The van der Waals surface area contributed by atoms with Crippen LogP contribution in [-0.2, 0) is 6.18 Å². The van der Waals surface area contributed by atoms with Crippen LogP contribution in [0.5, 0.6) is 0 Å². The van der Waals surface area contributed by atoms with Crippen molar-refractivity contribution in [3.8, 4) is 0 Å². The minimum atomic E-state index is -4.63. The van der Waals surface area contributed by atoms with Gasteiger partial charge in [-0.15, -0.1) is 0 Å². The summed E-state index contributed by atoms with van der Waals surface area (Å²) in [6.07, 6.45) is 5.11. The molecule has 11 heteroatoms.